The maximum absolute atomic E-state index is 12.5. The van der Waals surface area contributed by atoms with Gasteiger partial charge in [-0.1, -0.05) is 321 Å². The minimum absolute atomic E-state index is 0.00401. The summed E-state index contributed by atoms with van der Waals surface area (Å²) in [5, 5.41) is 23.4. The van der Waals surface area contributed by atoms with Crippen molar-refractivity contribution < 1.29 is 24.5 Å². The predicted octanol–water partition coefficient (Wildman–Crippen LogP) is 22.1. The van der Waals surface area contributed by atoms with Crippen molar-refractivity contribution in [2.75, 3.05) is 13.2 Å². The molecule has 0 aliphatic rings. The van der Waals surface area contributed by atoms with E-state index in [-0.39, 0.29) is 18.5 Å². The van der Waals surface area contributed by atoms with Crippen molar-refractivity contribution in [1.29, 1.82) is 0 Å². The van der Waals surface area contributed by atoms with Crippen LogP contribution < -0.4 is 5.32 Å². The molecule has 3 N–H and O–H groups in total. The highest BCUT2D eigenvalue weighted by Crippen LogP contribution is 2.19. The Morgan fingerprint density at radius 3 is 0.947 bits per heavy atom. The molecule has 0 spiro atoms. The average molecular weight is 1070 g/mol. The molecule has 0 rings (SSSR count). The highest BCUT2D eigenvalue weighted by atomic mass is 16.5. The van der Waals surface area contributed by atoms with Gasteiger partial charge in [-0.05, 0) is 77.0 Å². The zero-order chi connectivity index (χ0) is 55.0. The largest absolute Gasteiger partial charge is 0.466 e. The van der Waals surface area contributed by atoms with Crippen molar-refractivity contribution in [2.45, 2.75) is 398 Å². The molecule has 6 heteroatoms. The number of hydrogen-bond donors (Lipinski definition) is 3. The third kappa shape index (κ3) is 61.6. The molecule has 450 valence electrons. The maximum Gasteiger partial charge on any atom is 0.305 e. The van der Waals surface area contributed by atoms with Gasteiger partial charge in [0.15, 0.2) is 0 Å². The van der Waals surface area contributed by atoms with Crippen LogP contribution in [0.15, 0.2) is 24.3 Å². The Labute approximate surface area is 475 Å². The van der Waals surface area contributed by atoms with Gasteiger partial charge in [0.25, 0.3) is 0 Å². The van der Waals surface area contributed by atoms with Crippen LogP contribution in [0.2, 0.25) is 0 Å². The maximum atomic E-state index is 12.5. The van der Waals surface area contributed by atoms with Crippen LogP contribution in [-0.2, 0) is 14.3 Å². The Kier molecular flexibility index (Phi) is 64.4. The fourth-order valence-electron chi connectivity index (χ4n) is 10.9. The van der Waals surface area contributed by atoms with Crippen LogP contribution in [0.25, 0.3) is 0 Å². The molecule has 0 aromatic rings. The van der Waals surface area contributed by atoms with Gasteiger partial charge in [0.1, 0.15) is 0 Å². The molecule has 0 aliphatic carbocycles. The second kappa shape index (κ2) is 65.9. The average Bonchev–Trinajstić information content (AvgIpc) is 3.42. The first-order valence-corrected chi connectivity index (χ1v) is 34.6. The summed E-state index contributed by atoms with van der Waals surface area (Å²) in [4.78, 5) is 24.6. The van der Waals surface area contributed by atoms with Gasteiger partial charge in [-0.2, -0.15) is 0 Å². The lowest BCUT2D eigenvalue weighted by Gasteiger charge is -2.22. The molecule has 0 bridgehead atoms. The molecule has 0 saturated heterocycles. The Morgan fingerprint density at radius 1 is 0.355 bits per heavy atom. The van der Waals surface area contributed by atoms with Gasteiger partial charge in [0.05, 0.1) is 25.4 Å². The summed E-state index contributed by atoms with van der Waals surface area (Å²) in [6.07, 6.45) is 82.1. The van der Waals surface area contributed by atoms with Gasteiger partial charge in [-0.25, -0.2) is 0 Å². The van der Waals surface area contributed by atoms with Crippen LogP contribution in [0.3, 0.4) is 0 Å². The fraction of sp³-hybridized carbons (Fsp3) is 0.914. The highest BCUT2D eigenvalue weighted by Gasteiger charge is 2.20. The molecule has 2 unspecified atom stereocenters. The summed E-state index contributed by atoms with van der Waals surface area (Å²) in [5.74, 6) is -0.0313. The highest BCUT2D eigenvalue weighted by molar-refractivity contribution is 5.76. The predicted molar refractivity (Wildman–Crippen MR) is 333 cm³/mol. The van der Waals surface area contributed by atoms with Crippen LogP contribution in [0, 0.1) is 0 Å². The molecule has 1 amide bonds. The lowest BCUT2D eigenvalue weighted by atomic mass is 10.0. The number of esters is 1. The van der Waals surface area contributed by atoms with Gasteiger partial charge in [-0.3, -0.25) is 9.59 Å². The smallest absolute Gasteiger partial charge is 0.305 e. The number of amides is 1. The lowest BCUT2D eigenvalue weighted by molar-refractivity contribution is -0.143. The van der Waals surface area contributed by atoms with E-state index in [0.717, 1.165) is 44.9 Å². The normalized spacial score (nSPS) is 12.6. The van der Waals surface area contributed by atoms with Gasteiger partial charge in [0.2, 0.25) is 5.91 Å². The number of unbranched alkanes of at least 4 members (excludes halogenated alkanes) is 50. The number of aliphatic hydroxyl groups is 2. The van der Waals surface area contributed by atoms with Gasteiger partial charge in [-0.15, -0.1) is 0 Å². The van der Waals surface area contributed by atoms with E-state index in [2.05, 4.69) is 43.5 Å². The standard InChI is InChI=1S/C70H135NO5/c1-3-5-7-9-11-13-15-17-18-19-20-21-26-29-32-35-39-42-46-50-54-58-62-68(73)67(66-72)71-69(74)63-59-55-51-47-43-40-36-33-30-27-24-22-23-25-28-31-34-37-41-45-49-53-57-61-65-76-70(75)64-60-56-52-48-44-38-16-14-12-10-8-6-4-2/h14,16,24,27,67-68,72-73H,3-13,15,17-23,25-26,28-66H2,1-2H3,(H,71,74)/b16-14-,27-24-. The number of carbonyl (C=O) groups is 2. The third-order valence-electron chi connectivity index (χ3n) is 16.2. The van der Waals surface area contributed by atoms with E-state index in [9.17, 15) is 19.8 Å². The molecule has 0 saturated carbocycles. The zero-order valence-corrected chi connectivity index (χ0v) is 51.5. The Morgan fingerprint density at radius 2 is 0.618 bits per heavy atom. The van der Waals surface area contributed by atoms with Crippen molar-refractivity contribution in [3.8, 4) is 0 Å². The molecule has 0 aromatic carbocycles. The monoisotopic (exact) mass is 1070 g/mol. The molecular formula is C70H135NO5. The Hall–Kier alpha value is -1.66. The number of aliphatic hydroxyl groups excluding tert-OH is 2. The van der Waals surface area contributed by atoms with Crippen molar-refractivity contribution in [1.82, 2.24) is 5.32 Å². The van der Waals surface area contributed by atoms with Crippen molar-refractivity contribution in [3.05, 3.63) is 24.3 Å². The van der Waals surface area contributed by atoms with Crippen LogP contribution in [0.4, 0.5) is 0 Å². The minimum atomic E-state index is -0.668. The van der Waals surface area contributed by atoms with E-state index in [0.29, 0.717) is 25.9 Å². The first-order chi connectivity index (χ1) is 37.5. The molecule has 6 nitrogen and oxygen atoms in total. The Balaban J connectivity index is 3.41. The SMILES string of the molecule is CCCCCC/C=C\CCCCCCCC(=O)OCCCCCCCCCCCCCC/C=C\CCCCCCCCCCC(=O)NC(CO)C(O)CCCCCCCCCCCCCCCCCCCCCCCC. The van der Waals surface area contributed by atoms with E-state index < -0.39 is 12.1 Å². The van der Waals surface area contributed by atoms with Gasteiger partial charge in [0, 0.05) is 12.8 Å². The van der Waals surface area contributed by atoms with E-state index in [4.69, 9.17) is 4.74 Å². The lowest BCUT2D eigenvalue weighted by Crippen LogP contribution is -2.45. The summed E-state index contributed by atoms with van der Waals surface area (Å²) in [5.41, 5.74) is 0. The summed E-state index contributed by atoms with van der Waals surface area (Å²) in [7, 11) is 0. The number of allylic oxidation sites excluding steroid dienone is 4. The van der Waals surface area contributed by atoms with E-state index in [1.54, 1.807) is 0 Å². The fourth-order valence-corrected chi connectivity index (χ4v) is 10.9. The first kappa shape index (κ1) is 74.3. The van der Waals surface area contributed by atoms with Crippen LogP contribution >= 0.6 is 0 Å². The molecule has 0 radical (unpaired) electrons. The zero-order valence-electron chi connectivity index (χ0n) is 51.5. The molecule has 2 atom stereocenters. The second-order valence-electron chi connectivity index (χ2n) is 23.9. The number of hydrogen-bond acceptors (Lipinski definition) is 5. The third-order valence-corrected chi connectivity index (χ3v) is 16.2. The quantitative estimate of drug-likeness (QED) is 0.0320. The molecular weight excluding hydrogens is 935 g/mol. The molecule has 0 heterocycles. The van der Waals surface area contributed by atoms with Crippen molar-refractivity contribution >= 4 is 11.9 Å². The minimum Gasteiger partial charge on any atom is -0.466 e. The van der Waals surface area contributed by atoms with Crippen LogP contribution in [0.1, 0.15) is 386 Å². The second-order valence-corrected chi connectivity index (χ2v) is 23.9. The van der Waals surface area contributed by atoms with Crippen molar-refractivity contribution in [2.24, 2.45) is 0 Å². The summed E-state index contributed by atoms with van der Waals surface area (Å²) in [6, 6.07) is -0.546. The van der Waals surface area contributed by atoms with Crippen LogP contribution in [0.5, 0.6) is 0 Å². The number of carbonyl (C=O) groups excluding carboxylic acids is 2. The molecule has 0 fully saturated rings. The van der Waals surface area contributed by atoms with E-state index in [1.165, 1.54) is 308 Å². The van der Waals surface area contributed by atoms with Crippen LogP contribution in [-0.4, -0.2) is 47.4 Å². The summed E-state index contributed by atoms with van der Waals surface area (Å²) < 4.78 is 5.48. The van der Waals surface area contributed by atoms with E-state index in [1.807, 2.05) is 0 Å². The summed E-state index contributed by atoms with van der Waals surface area (Å²) in [6.45, 7) is 4.97. The number of nitrogens with one attached hydrogen (secondary N) is 1. The van der Waals surface area contributed by atoms with Crippen molar-refractivity contribution in [3.63, 3.8) is 0 Å². The van der Waals surface area contributed by atoms with Gasteiger partial charge >= 0.3 is 5.97 Å². The first-order valence-electron chi connectivity index (χ1n) is 34.6. The molecule has 76 heavy (non-hydrogen) atoms. The number of ether oxygens (including phenoxy) is 1. The summed E-state index contributed by atoms with van der Waals surface area (Å²) >= 11 is 0. The number of rotatable bonds is 65. The Bertz CT molecular complexity index is 1190. The molecule has 0 aromatic heterocycles. The van der Waals surface area contributed by atoms with Gasteiger partial charge < -0.3 is 20.3 Å². The molecule has 0 aliphatic heterocycles. The van der Waals surface area contributed by atoms with E-state index >= 15 is 0 Å². The topological polar surface area (TPSA) is 95.9 Å².